The van der Waals surface area contributed by atoms with E-state index in [0.29, 0.717) is 49.2 Å². The van der Waals surface area contributed by atoms with Crippen LogP contribution in [0.25, 0.3) is 33.7 Å². The van der Waals surface area contributed by atoms with E-state index >= 15 is 0 Å². The average Bonchev–Trinajstić information content (AvgIpc) is 3.54. The highest BCUT2D eigenvalue weighted by Gasteiger charge is 2.25. The molecule has 42 heavy (non-hydrogen) atoms. The molecular weight excluding hydrogens is 597 g/mol. The number of halogens is 3. The van der Waals surface area contributed by atoms with Gasteiger partial charge in [0.25, 0.3) is 0 Å². The molecule has 0 aliphatic heterocycles. The van der Waals surface area contributed by atoms with Crippen LogP contribution in [0.15, 0.2) is 59.1 Å². The summed E-state index contributed by atoms with van der Waals surface area (Å²) in [4.78, 5) is 16.6. The van der Waals surface area contributed by atoms with E-state index in [1.54, 1.807) is 42.5 Å². The van der Waals surface area contributed by atoms with Gasteiger partial charge >= 0.3 is 5.97 Å². The number of aromatic nitrogens is 3. The zero-order chi connectivity index (χ0) is 30.1. The van der Waals surface area contributed by atoms with Crippen LogP contribution in [0.3, 0.4) is 0 Å². The van der Waals surface area contributed by atoms with E-state index in [1.165, 1.54) is 0 Å². The quantitative estimate of drug-likeness (QED) is 0.166. The van der Waals surface area contributed by atoms with Crippen molar-refractivity contribution in [3.05, 3.63) is 86.6 Å². The van der Waals surface area contributed by atoms with E-state index in [4.69, 9.17) is 49.0 Å². The van der Waals surface area contributed by atoms with E-state index in [0.717, 1.165) is 29.5 Å². The molecule has 0 saturated carbocycles. The van der Waals surface area contributed by atoms with Crippen molar-refractivity contribution in [3.8, 4) is 28.4 Å². The number of ether oxygens (including phenoxy) is 1. The number of hydrogen-bond acceptors (Lipinski definition) is 5. The van der Waals surface area contributed by atoms with Gasteiger partial charge < -0.3 is 18.9 Å². The van der Waals surface area contributed by atoms with Crippen LogP contribution in [0.5, 0.6) is 5.75 Å². The molecule has 0 aliphatic rings. The second kappa shape index (κ2) is 12.4. The van der Waals surface area contributed by atoms with Crippen molar-refractivity contribution in [2.24, 2.45) is 0 Å². The predicted molar refractivity (Wildman–Crippen MR) is 167 cm³/mol. The highest BCUT2D eigenvalue weighted by atomic mass is 35.5. The second-order valence-corrected chi connectivity index (χ2v) is 11.6. The summed E-state index contributed by atoms with van der Waals surface area (Å²) in [5, 5.41) is 15.3. The Kier molecular flexibility index (Phi) is 8.83. The molecule has 0 radical (unpaired) electrons. The Morgan fingerprint density at radius 2 is 1.71 bits per heavy atom. The van der Waals surface area contributed by atoms with Gasteiger partial charge in [0.05, 0.1) is 37.2 Å². The smallest absolute Gasteiger partial charge is 0.335 e. The SMILES string of the molecule is CCC(CC)n1c(-c2ccc(OCc3c(-c4c(Cl)cccc4Cl)noc3C(C)C)cc2Cl)nc2ccc(C(=O)O)cc21. The third-order valence-electron chi connectivity index (χ3n) is 7.35. The molecular formula is C32H30Cl3N3O4. The Hall–Kier alpha value is -3.52. The van der Waals surface area contributed by atoms with Crippen molar-refractivity contribution in [2.75, 3.05) is 0 Å². The molecule has 0 fully saturated rings. The number of carboxylic acid groups (broad SMARTS) is 1. The molecule has 0 atom stereocenters. The largest absolute Gasteiger partial charge is 0.489 e. The molecule has 0 unspecified atom stereocenters. The van der Waals surface area contributed by atoms with Gasteiger partial charge in [0.2, 0.25) is 0 Å². The van der Waals surface area contributed by atoms with Crippen LogP contribution in [0.2, 0.25) is 15.1 Å². The number of rotatable bonds is 10. The minimum atomic E-state index is -0.983. The molecule has 1 N–H and O–H groups in total. The molecule has 218 valence electrons. The van der Waals surface area contributed by atoms with Crippen molar-refractivity contribution in [2.45, 2.75) is 59.1 Å². The molecule has 2 aromatic heterocycles. The van der Waals surface area contributed by atoms with Gasteiger partial charge in [0, 0.05) is 23.1 Å². The number of hydrogen-bond donors (Lipinski definition) is 1. The highest BCUT2D eigenvalue weighted by molar-refractivity contribution is 6.39. The molecule has 5 aromatic rings. The Balaban J connectivity index is 1.51. The number of aromatic carboxylic acids is 1. The lowest BCUT2D eigenvalue weighted by Gasteiger charge is -2.20. The molecule has 10 heteroatoms. The van der Waals surface area contributed by atoms with Crippen LogP contribution < -0.4 is 4.74 Å². The first-order valence-electron chi connectivity index (χ1n) is 13.7. The van der Waals surface area contributed by atoms with E-state index in [-0.39, 0.29) is 24.1 Å². The van der Waals surface area contributed by atoms with E-state index in [1.807, 2.05) is 26.0 Å². The van der Waals surface area contributed by atoms with Gasteiger partial charge in [-0.15, -0.1) is 0 Å². The molecule has 3 aromatic carbocycles. The van der Waals surface area contributed by atoms with Crippen LogP contribution in [-0.4, -0.2) is 25.8 Å². The minimum absolute atomic E-state index is 0.0526. The van der Waals surface area contributed by atoms with Crippen LogP contribution in [0.1, 0.15) is 74.2 Å². The summed E-state index contributed by atoms with van der Waals surface area (Å²) in [5.74, 6) is 0.979. The van der Waals surface area contributed by atoms with Crippen LogP contribution in [-0.2, 0) is 6.61 Å². The third kappa shape index (κ3) is 5.61. The number of imidazole rings is 1. The molecule has 0 spiro atoms. The summed E-state index contributed by atoms with van der Waals surface area (Å²) >= 11 is 19.8. The Bertz CT molecular complexity index is 1750. The van der Waals surface area contributed by atoms with Gasteiger partial charge in [0.1, 0.15) is 29.6 Å². The maximum absolute atomic E-state index is 11.7. The summed E-state index contributed by atoms with van der Waals surface area (Å²) in [6, 6.07) is 15.8. The predicted octanol–water partition coefficient (Wildman–Crippen LogP) is 10.1. The van der Waals surface area contributed by atoms with Crippen molar-refractivity contribution in [3.63, 3.8) is 0 Å². The molecule has 7 nitrogen and oxygen atoms in total. The summed E-state index contributed by atoms with van der Waals surface area (Å²) in [7, 11) is 0. The number of nitrogens with zero attached hydrogens (tertiary/aromatic N) is 3. The minimum Gasteiger partial charge on any atom is -0.489 e. The van der Waals surface area contributed by atoms with Crippen LogP contribution in [0.4, 0.5) is 0 Å². The van der Waals surface area contributed by atoms with E-state index in [9.17, 15) is 9.90 Å². The molecule has 0 aliphatic carbocycles. The van der Waals surface area contributed by atoms with Gasteiger partial charge in [-0.2, -0.15) is 0 Å². The Morgan fingerprint density at radius 1 is 1.00 bits per heavy atom. The lowest BCUT2D eigenvalue weighted by atomic mass is 10.0. The van der Waals surface area contributed by atoms with E-state index < -0.39 is 5.97 Å². The van der Waals surface area contributed by atoms with Crippen molar-refractivity contribution in [1.29, 1.82) is 0 Å². The van der Waals surface area contributed by atoms with Crippen LogP contribution in [0, 0.1) is 0 Å². The molecule has 0 saturated heterocycles. The van der Waals surface area contributed by atoms with Gasteiger partial charge in [-0.3, -0.25) is 0 Å². The van der Waals surface area contributed by atoms with Gasteiger partial charge in [-0.1, -0.05) is 73.7 Å². The first-order chi connectivity index (χ1) is 20.1. The maximum atomic E-state index is 11.7. The standard InChI is InChI=1S/C32H30Cl3N3O4/c1-5-19(6-2)38-27-14-18(32(39)40)10-13-26(27)36-31(38)21-12-11-20(15-25(21)35)41-16-22-29(37-42-30(22)17(3)4)28-23(33)8-7-9-24(28)34/h7-15,17,19H,5-6,16H2,1-4H3,(H,39,40). The first-order valence-corrected chi connectivity index (χ1v) is 14.9. The summed E-state index contributed by atoms with van der Waals surface area (Å²) in [6.07, 6.45) is 1.69. The number of carboxylic acids is 1. The summed E-state index contributed by atoms with van der Waals surface area (Å²) in [5.41, 5.74) is 4.28. The molecule has 0 amide bonds. The fourth-order valence-corrected chi connectivity index (χ4v) is 6.03. The fourth-order valence-electron chi connectivity index (χ4n) is 5.20. The normalized spacial score (nSPS) is 11.6. The molecule has 5 rings (SSSR count). The van der Waals surface area contributed by atoms with Gasteiger partial charge in [-0.25, -0.2) is 9.78 Å². The van der Waals surface area contributed by atoms with Crippen molar-refractivity contribution in [1.82, 2.24) is 14.7 Å². The van der Waals surface area contributed by atoms with Gasteiger partial charge in [-0.05, 0) is 61.4 Å². The Labute approximate surface area is 259 Å². The van der Waals surface area contributed by atoms with Crippen molar-refractivity contribution >= 4 is 51.8 Å². The lowest BCUT2D eigenvalue weighted by molar-refractivity contribution is 0.0697. The zero-order valence-corrected chi connectivity index (χ0v) is 25.9. The monoisotopic (exact) mass is 625 g/mol. The molecule has 0 bridgehead atoms. The van der Waals surface area contributed by atoms with E-state index in [2.05, 4.69) is 23.6 Å². The van der Waals surface area contributed by atoms with Gasteiger partial charge in [0.15, 0.2) is 0 Å². The number of benzene rings is 3. The average molecular weight is 627 g/mol. The third-order valence-corrected chi connectivity index (χ3v) is 8.29. The van der Waals surface area contributed by atoms with Crippen molar-refractivity contribution < 1.29 is 19.2 Å². The summed E-state index contributed by atoms with van der Waals surface area (Å²) in [6.45, 7) is 8.39. The highest BCUT2D eigenvalue weighted by Crippen LogP contribution is 2.40. The zero-order valence-electron chi connectivity index (χ0n) is 23.6. The Morgan fingerprint density at radius 3 is 2.33 bits per heavy atom. The maximum Gasteiger partial charge on any atom is 0.335 e. The number of carbonyl (C=O) groups is 1. The summed E-state index contributed by atoms with van der Waals surface area (Å²) < 4.78 is 14.0. The number of fused-ring (bicyclic) bond motifs is 1. The second-order valence-electron chi connectivity index (χ2n) is 10.3. The fraction of sp³-hybridized carbons (Fsp3) is 0.281. The lowest BCUT2D eigenvalue weighted by Crippen LogP contribution is -2.09. The molecule has 2 heterocycles. The first kappa shape index (κ1) is 30.0. The topological polar surface area (TPSA) is 90.4 Å². The van der Waals surface area contributed by atoms with Crippen LogP contribution >= 0.6 is 34.8 Å².